The van der Waals surface area contributed by atoms with Crippen molar-refractivity contribution in [3.8, 4) is 0 Å². The molecular formula is C12H10N2O3S. The molecule has 1 aliphatic heterocycles. The number of aliphatic imine (C=N–C) groups is 1. The van der Waals surface area contributed by atoms with Crippen molar-refractivity contribution < 1.29 is 14.3 Å². The van der Waals surface area contributed by atoms with Crippen LogP contribution in [0.1, 0.15) is 16.8 Å². The molecule has 1 heterocycles. The van der Waals surface area contributed by atoms with E-state index in [1.807, 2.05) is 0 Å². The number of hydrogen-bond acceptors (Lipinski definition) is 6. The molecule has 2 rings (SSSR count). The van der Waals surface area contributed by atoms with Gasteiger partial charge in [0.05, 0.1) is 10.8 Å². The fourth-order valence-electron chi connectivity index (χ4n) is 1.70. The molecule has 0 unspecified atom stereocenters. The van der Waals surface area contributed by atoms with E-state index in [1.54, 1.807) is 24.3 Å². The highest BCUT2D eigenvalue weighted by Gasteiger charge is 2.36. The zero-order chi connectivity index (χ0) is 13.1. The fraction of sp³-hybridized carbons (Fsp3) is 0.250. The van der Waals surface area contributed by atoms with Crippen LogP contribution in [0, 0.1) is 0 Å². The van der Waals surface area contributed by atoms with Gasteiger partial charge in [-0.05, 0) is 36.5 Å². The van der Waals surface area contributed by atoms with Gasteiger partial charge in [-0.2, -0.15) is 4.99 Å². The van der Waals surface area contributed by atoms with Gasteiger partial charge >= 0.3 is 5.97 Å². The first kappa shape index (κ1) is 12.6. The lowest BCUT2D eigenvalue weighted by molar-refractivity contribution is -0.141. The summed E-state index contributed by atoms with van der Waals surface area (Å²) in [4.78, 5) is 26.9. The van der Waals surface area contributed by atoms with Crippen molar-refractivity contribution in [2.75, 3.05) is 0 Å². The Bertz CT molecular complexity index is 535. The quantitative estimate of drug-likeness (QED) is 0.383. The molecule has 0 bridgehead atoms. The Morgan fingerprint density at radius 3 is 2.61 bits per heavy atom. The number of hydrogen-bond donors (Lipinski definition) is 1. The van der Waals surface area contributed by atoms with E-state index in [0.29, 0.717) is 11.3 Å². The topological polar surface area (TPSA) is 81.8 Å². The number of benzene rings is 1. The molecule has 0 saturated carbocycles. The van der Waals surface area contributed by atoms with Crippen molar-refractivity contribution >= 4 is 34.8 Å². The Morgan fingerprint density at radius 2 is 2.11 bits per heavy atom. The average molecular weight is 262 g/mol. The Morgan fingerprint density at radius 1 is 1.44 bits per heavy atom. The maximum Gasteiger partial charge on any atom is 0.323 e. The van der Waals surface area contributed by atoms with E-state index in [0.717, 1.165) is 0 Å². The molecule has 0 amide bonds. The van der Waals surface area contributed by atoms with Gasteiger partial charge in [0.2, 0.25) is 5.78 Å². The smallest absolute Gasteiger partial charge is 0.323 e. The van der Waals surface area contributed by atoms with Crippen molar-refractivity contribution in [1.82, 2.24) is 0 Å². The van der Waals surface area contributed by atoms with Crippen LogP contribution in [0.15, 0.2) is 29.3 Å². The van der Waals surface area contributed by atoms with E-state index >= 15 is 0 Å². The van der Waals surface area contributed by atoms with Crippen LogP contribution in [0.25, 0.3) is 0 Å². The normalized spacial score (nSPS) is 22.2. The lowest BCUT2D eigenvalue weighted by atomic mass is 10.0. The Kier molecular flexibility index (Phi) is 3.62. The van der Waals surface area contributed by atoms with Crippen LogP contribution in [-0.4, -0.2) is 29.1 Å². The molecule has 5 nitrogen and oxygen atoms in total. The molecule has 1 aliphatic rings. The molecule has 0 aliphatic carbocycles. The average Bonchev–Trinajstić information content (AvgIpc) is 2.70. The first-order valence-electron chi connectivity index (χ1n) is 5.30. The van der Waals surface area contributed by atoms with Gasteiger partial charge in [0.15, 0.2) is 6.10 Å². The van der Waals surface area contributed by atoms with Gasteiger partial charge in [0.25, 0.3) is 0 Å². The van der Waals surface area contributed by atoms with Crippen molar-refractivity contribution in [2.45, 2.75) is 18.6 Å². The third-order valence-electron chi connectivity index (χ3n) is 2.65. The molecule has 1 aromatic carbocycles. The molecule has 1 aromatic rings. The number of ether oxygens (including phenoxy) is 1. The number of ketones is 1. The number of nitrogens with zero attached hydrogens (tertiary/aromatic N) is 1. The summed E-state index contributed by atoms with van der Waals surface area (Å²) < 4.78 is 4.90. The first-order valence-corrected chi connectivity index (χ1v) is 5.71. The molecule has 1 fully saturated rings. The highest BCUT2D eigenvalue weighted by atomic mass is 32.1. The second kappa shape index (κ2) is 5.18. The summed E-state index contributed by atoms with van der Waals surface area (Å²) in [6.07, 6.45) is -0.565. The minimum absolute atomic E-state index is 0.220. The molecule has 1 saturated heterocycles. The van der Waals surface area contributed by atoms with Crippen molar-refractivity contribution in [3.63, 3.8) is 0 Å². The molecule has 92 valence electrons. The van der Waals surface area contributed by atoms with Crippen molar-refractivity contribution in [1.29, 1.82) is 0 Å². The standard InChI is InChI=1S/C12H10N2O3S/c13-9-5-10(17-12(9)16)11(15)7-1-3-8(4-2-7)14-6-18/h1-4,9-10H,5,13H2/t9-,10+/m1/s1. The van der Waals surface area contributed by atoms with Crippen LogP contribution in [0.2, 0.25) is 0 Å². The number of isothiocyanates is 1. The summed E-state index contributed by atoms with van der Waals surface area (Å²) in [5, 5.41) is 2.24. The van der Waals surface area contributed by atoms with Gasteiger partial charge in [-0.15, -0.1) is 0 Å². The Balaban J connectivity index is 2.14. The van der Waals surface area contributed by atoms with Crippen LogP contribution in [0.4, 0.5) is 5.69 Å². The fourth-order valence-corrected chi connectivity index (χ4v) is 1.81. The second-order valence-corrected chi connectivity index (χ2v) is 4.06. The van der Waals surface area contributed by atoms with E-state index in [9.17, 15) is 9.59 Å². The predicted molar refractivity (Wildman–Crippen MR) is 67.9 cm³/mol. The van der Waals surface area contributed by atoms with Crippen LogP contribution >= 0.6 is 12.2 Å². The Labute approximate surface area is 109 Å². The Hall–Kier alpha value is -1.88. The van der Waals surface area contributed by atoms with Crippen LogP contribution in [-0.2, 0) is 9.53 Å². The van der Waals surface area contributed by atoms with E-state index in [-0.39, 0.29) is 12.2 Å². The number of Topliss-reactive ketones (excluding diaryl/α,β-unsaturated/α-hetero) is 1. The first-order chi connectivity index (χ1) is 8.61. The molecule has 0 radical (unpaired) electrons. The van der Waals surface area contributed by atoms with Gasteiger partial charge in [-0.1, -0.05) is 0 Å². The van der Waals surface area contributed by atoms with E-state index in [4.69, 9.17) is 10.5 Å². The molecule has 2 N–H and O–H groups in total. The molecule has 6 heteroatoms. The number of carbonyl (C=O) groups excluding carboxylic acids is 2. The highest BCUT2D eigenvalue weighted by Crippen LogP contribution is 2.20. The second-order valence-electron chi connectivity index (χ2n) is 3.88. The third-order valence-corrected chi connectivity index (χ3v) is 2.74. The van der Waals surface area contributed by atoms with Crippen LogP contribution in [0.3, 0.4) is 0 Å². The van der Waals surface area contributed by atoms with E-state index < -0.39 is 18.1 Å². The van der Waals surface area contributed by atoms with Gasteiger partial charge in [0, 0.05) is 12.0 Å². The molecule has 18 heavy (non-hydrogen) atoms. The number of esters is 1. The SMILES string of the molecule is N[C@@H]1C[C@@H](C(=O)c2ccc(N=C=S)cc2)OC1=O. The lowest BCUT2D eigenvalue weighted by Crippen LogP contribution is -2.25. The summed E-state index contributed by atoms with van der Waals surface area (Å²) in [6.45, 7) is 0. The van der Waals surface area contributed by atoms with Crippen molar-refractivity contribution in [2.24, 2.45) is 10.7 Å². The van der Waals surface area contributed by atoms with Gasteiger partial charge < -0.3 is 10.5 Å². The van der Waals surface area contributed by atoms with Gasteiger partial charge in [-0.3, -0.25) is 9.59 Å². The summed E-state index contributed by atoms with van der Waals surface area (Å²) in [6, 6.07) is 5.78. The minimum Gasteiger partial charge on any atom is -0.453 e. The van der Waals surface area contributed by atoms with Gasteiger partial charge in [-0.25, -0.2) is 0 Å². The number of thiocarbonyl (C=S) groups is 1. The zero-order valence-corrected chi connectivity index (χ0v) is 10.1. The highest BCUT2D eigenvalue weighted by molar-refractivity contribution is 7.78. The summed E-state index contributed by atoms with van der Waals surface area (Å²) in [5.41, 5.74) is 6.55. The number of nitrogens with two attached hydrogens (primary N) is 1. The third kappa shape index (κ3) is 2.51. The zero-order valence-electron chi connectivity index (χ0n) is 9.33. The minimum atomic E-state index is -0.785. The number of rotatable bonds is 3. The molecule has 0 spiro atoms. The van der Waals surface area contributed by atoms with E-state index in [2.05, 4.69) is 22.4 Å². The lowest BCUT2D eigenvalue weighted by Gasteiger charge is -2.07. The molecular weight excluding hydrogens is 252 g/mol. The number of carbonyl (C=O) groups is 2. The largest absolute Gasteiger partial charge is 0.453 e. The van der Waals surface area contributed by atoms with E-state index in [1.165, 1.54) is 0 Å². The monoisotopic (exact) mass is 262 g/mol. The molecule has 2 atom stereocenters. The van der Waals surface area contributed by atoms with Crippen molar-refractivity contribution in [3.05, 3.63) is 29.8 Å². The van der Waals surface area contributed by atoms with Gasteiger partial charge in [0.1, 0.15) is 6.04 Å². The summed E-state index contributed by atoms with van der Waals surface area (Å²) >= 11 is 4.48. The summed E-state index contributed by atoms with van der Waals surface area (Å²) in [7, 11) is 0. The predicted octanol–water partition coefficient (Wildman–Crippen LogP) is 1.25. The van der Waals surface area contributed by atoms with Crippen LogP contribution < -0.4 is 5.73 Å². The number of cyclic esters (lactones) is 1. The maximum atomic E-state index is 12.0. The van der Waals surface area contributed by atoms with Crippen LogP contribution in [0.5, 0.6) is 0 Å². The maximum absolute atomic E-state index is 12.0. The molecule has 0 aromatic heterocycles. The summed E-state index contributed by atoms with van der Waals surface area (Å²) in [5.74, 6) is -0.788.